The quantitative estimate of drug-likeness (QED) is 0.797. The number of hydrogen-bond acceptors (Lipinski definition) is 3. The van der Waals surface area contributed by atoms with Gasteiger partial charge in [0.15, 0.2) is 5.79 Å². The Kier molecular flexibility index (Phi) is 2.73. The highest BCUT2D eigenvalue weighted by molar-refractivity contribution is 4.93. The first-order valence-electron chi connectivity index (χ1n) is 6.71. The molecule has 0 amide bonds. The van der Waals surface area contributed by atoms with Gasteiger partial charge in [0.05, 0.1) is 13.2 Å². The van der Waals surface area contributed by atoms with E-state index in [1.807, 2.05) is 0 Å². The third-order valence-corrected chi connectivity index (χ3v) is 4.48. The molecule has 3 fully saturated rings. The molecule has 0 radical (unpaired) electrons. The molecule has 3 aliphatic rings. The Morgan fingerprint density at radius 2 is 1.69 bits per heavy atom. The lowest BCUT2D eigenvalue weighted by atomic mass is 9.89. The van der Waals surface area contributed by atoms with Gasteiger partial charge in [0, 0.05) is 25.4 Å². The van der Waals surface area contributed by atoms with Crippen molar-refractivity contribution in [1.82, 2.24) is 5.32 Å². The minimum absolute atomic E-state index is 0.193. The molecule has 1 saturated heterocycles. The molecule has 0 atom stereocenters. The molecule has 1 aliphatic heterocycles. The fourth-order valence-corrected chi connectivity index (χ4v) is 2.83. The molecule has 1 N–H and O–H groups in total. The highest BCUT2D eigenvalue weighted by Crippen LogP contribution is 2.44. The maximum absolute atomic E-state index is 5.74. The summed E-state index contributed by atoms with van der Waals surface area (Å²) < 4.78 is 11.5. The van der Waals surface area contributed by atoms with Gasteiger partial charge in [0.1, 0.15) is 0 Å². The van der Waals surface area contributed by atoms with E-state index >= 15 is 0 Å². The molecule has 0 aromatic rings. The minimum Gasteiger partial charge on any atom is -0.348 e. The summed E-state index contributed by atoms with van der Waals surface area (Å²) in [5, 5.41) is 3.72. The molecule has 0 aromatic carbocycles. The van der Waals surface area contributed by atoms with Crippen LogP contribution in [-0.2, 0) is 9.47 Å². The van der Waals surface area contributed by atoms with Crippen LogP contribution in [0.1, 0.15) is 45.4 Å². The molecule has 0 bridgehead atoms. The first-order valence-corrected chi connectivity index (χ1v) is 6.71. The molecule has 92 valence electrons. The van der Waals surface area contributed by atoms with Gasteiger partial charge in [-0.15, -0.1) is 0 Å². The van der Waals surface area contributed by atoms with Crippen molar-refractivity contribution in [3.8, 4) is 0 Å². The Morgan fingerprint density at radius 3 is 2.25 bits per heavy atom. The smallest absolute Gasteiger partial charge is 0.168 e. The third-order valence-electron chi connectivity index (χ3n) is 4.48. The normalized spacial score (nSPS) is 32.1. The highest BCUT2D eigenvalue weighted by Gasteiger charge is 2.41. The van der Waals surface area contributed by atoms with Crippen molar-refractivity contribution in [2.45, 2.75) is 57.3 Å². The van der Waals surface area contributed by atoms with E-state index in [2.05, 4.69) is 12.2 Å². The van der Waals surface area contributed by atoms with Crippen LogP contribution in [0.15, 0.2) is 0 Å². The monoisotopic (exact) mass is 225 g/mol. The van der Waals surface area contributed by atoms with Crippen molar-refractivity contribution in [1.29, 1.82) is 0 Å². The molecule has 0 aromatic heterocycles. The summed E-state index contributed by atoms with van der Waals surface area (Å²) in [4.78, 5) is 0. The summed E-state index contributed by atoms with van der Waals surface area (Å²) in [6.07, 6.45) is 7.36. The predicted octanol–water partition coefficient (Wildman–Crippen LogP) is 2.06. The third kappa shape index (κ3) is 2.27. The second-order valence-corrected chi connectivity index (χ2v) is 6.07. The second-order valence-electron chi connectivity index (χ2n) is 6.07. The van der Waals surface area contributed by atoms with Gasteiger partial charge >= 0.3 is 0 Å². The molecule has 16 heavy (non-hydrogen) atoms. The molecule has 3 heteroatoms. The first kappa shape index (κ1) is 11.0. The van der Waals surface area contributed by atoms with E-state index in [0.717, 1.165) is 26.1 Å². The van der Waals surface area contributed by atoms with Crippen LogP contribution in [0, 0.1) is 5.41 Å². The van der Waals surface area contributed by atoms with E-state index in [0.29, 0.717) is 11.5 Å². The van der Waals surface area contributed by atoms with Gasteiger partial charge < -0.3 is 14.8 Å². The molecule has 2 saturated carbocycles. The minimum atomic E-state index is -0.193. The van der Waals surface area contributed by atoms with Crippen LogP contribution in [0.2, 0.25) is 0 Å². The highest BCUT2D eigenvalue weighted by atomic mass is 16.7. The molecule has 3 nitrogen and oxygen atoms in total. The van der Waals surface area contributed by atoms with E-state index in [9.17, 15) is 0 Å². The largest absolute Gasteiger partial charge is 0.348 e. The van der Waals surface area contributed by atoms with Crippen LogP contribution in [0.5, 0.6) is 0 Å². The van der Waals surface area contributed by atoms with Gasteiger partial charge in [-0.25, -0.2) is 0 Å². The van der Waals surface area contributed by atoms with Crippen molar-refractivity contribution in [2.24, 2.45) is 5.41 Å². The average Bonchev–Trinajstić information content (AvgIpc) is 2.87. The van der Waals surface area contributed by atoms with E-state index in [4.69, 9.17) is 9.47 Å². The van der Waals surface area contributed by atoms with E-state index in [1.54, 1.807) is 0 Å². The summed E-state index contributed by atoms with van der Waals surface area (Å²) >= 11 is 0. The molecule has 1 heterocycles. The Bertz CT molecular complexity index is 247. The van der Waals surface area contributed by atoms with Gasteiger partial charge in [-0.1, -0.05) is 6.92 Å². The van der Waals surface area contributed by atoms with Crippen molar-refractivity contribution in [2.75, 3.05) is 19.8 Å². The topological polar surface area (TPSA) is 30.5 Å². The van der Waals surface area contributed by atoms with Crippen LogP contribution in [0.25, 0.3) is 0 Å². The Labute approximate surface area is 97.9 Å². The lowest BCUT2D eigenvalue weighted by Crippen LogP contribution is -2.43. The van der Waals surface area contributed by atoms with E-state index in [-0.39, 0.29) is 5.79 Å². The van der Waals surface area contributed by atoms with Crippen molar-refractivity contribution in [3.63, 3.8) is 0 Å². The zero-order valence-electron chi connectivity index (χ0n) is 10.3. The van der Waals surface area contributed by atoms with E-state index in [1.165, 1.54) is 32.2 Å². The van der Waals surface area contributed by atoms with Crippen LogP contribution in [0.4, 0.5) is 0 Å². The van der Waals surface area contributed by atoms with Gasteiger partial charge in [-0.2, -0.15) is 0 Å². The fourth-order valence-electron chi connectivity index (χ4n) is 2.83. The van der Waals surface area contributed by atoms with Gasteiger partial charge in [-0.05, 0) is 31.1 Å². The van der Waals surface area contributed by atoms with Crippen molar-refractivity contribution >= 4 is 0 Å². The van der Waals surface area contributed by atoms with E-state index < -0.39 is 0 Å². The molecular formula is C13H23NO2. The summed E-state index contributed by atoms with van der Waals surface area (Å²) in [5.74, 6) is -0.193. The molecule has 1 spiro atoms. The number of ether oxygens (including phenoxy) is 2. The first-order chi connectivity index (χ1) is 7.70. The zero-order valence-corrected chi connectivity index (χ0v) is 10.3. The van der Waals surface area contributed by atoms with Crippen molar-refractivity contribution < 1.29 is 9.47 Å². The maximum atomic E-state index is 5.74. The molecule has 2 aliphatic carbocycles. The fraction of sp³-hybridized carbons (Fsp3) is 1.00. The predicted molar refractivity (Wildman–Crippen MR) is 62.2 cm³/mol. The lowest BCUT2D eigenvalue weighted by Gasteiger charge is -2.36. The number of rotatable bonds is 3. The number of nitrogens with one attached hydrogen (secondary N) is 1. The van der Waals surface area contributed by atoms with Crippen molar-refractivity contribution in [3.05, 3.63) is 0 Å². The molecule has 3 rings (SSSR count). The van der Waals surface area contributed by atoms with Crippen LogP contribution < -0.4 is 5.32 Å². The Morgan fingerprint density at radius 1 is 1.06 bits per heavy atom. The SMILES string of the molecule is CC1(CNC2CCC3(CC2)OCCO3)CC1. The number of hydrogen-bond donors (Lipinski definition) is 1. The second kappa shape index (κ2) is 3.97. The van der Waals surface area contributed by atoms with Crippen LogP contribution in [-0.4, -0.2) is 31.6 Å². The maximum Gasteiger partial charge on any atom is 0.168 e. The van der Waals surface area contributed by atoms with Crippen LogP contribution in [0.3, 0.4) is 0 Å². The van der Waals surface area contributed by atoms with Gasteiger partial charge in [0.25, 0.3) is 0 Å². The zero-order chi connectivity index (χ0) is 11.1. The molecular weight excluding hydrogens is 202 g/mol. The lowest BCUT2D eigenvalue weighted by molar-refractivity contribution is -0.179. The Hall–Kier alpha value is -0.120. The average molecular weight is 225 g/mol. The summed E-state index contributed by atoms with van der Waals surface area (Å²) in [6, 6.07) is 0.691. The summed E-state index contributed by atoms with van der Waals surface area (Å²) in [7, 11) is 0. The Balaban J connectivity index is 1.43. The van der Waals surface area contributed by atoms with Crippen LogP contribution >= 0.6 is 0 Å². The standard InChI is InChI=1S/C13H23NO2/c1-12(6-7-12)10-14-11-2-4-13(5-3-11)15-8-9-16-13/h11,14H,2-10H2,1H3. The molecule has 0 unspecified atom stereocenters. The van der Waals surface area contributed by atoms with Gasteiger partial charge in [-0.3, -0.25) is 0 Å². The van der Waals surface area contributed by atoms with Gasteiger partial charge in [0.2, 0.25) is 0 Å². The summed E-state index contributed by atoms with van der Waals surface area (Å²) in [6.45, 7) is 5.16. The summed E-state index contributed by atoms with van der Waals surface area (Å²) in [5.41, 5.74) is 0.621.